The van der Waals surface area contributed by atoms with Crippen molar-refractivity contribution in [3.8, 4) is 11.1 Å². The maximum atomic E-state index is 6.66. The van der Waals surface area contributed by atoms with Gasteiger partial charge < -0.3 is 8.83 Å². The van der Waals surface area contributed by atoms with Gasteiger partial charge in [-0.25, -0.2) is 4.98 Å². The first-order chi connectivity index (χ1) is 21.3. The lowest BCUT2D eigenvalue weighted by molar-refractivity contribution is 0.666. The normalized spacial score (nSPS) is 11.7. The highest BCUT2D eigenvalue weighted by Gasteiger charge is 2.24. The van der Waals surface area contributed by atoms with E-state index in [1.807, 2.05) is 36.5 Å². The first-order valence-corrected chi connectivity index (χ1v) is 14.4. The van der Waals surface area contributed by atoms with Gasteiger partial charge in [-0.1, -0.05) is 97.1 Å². The van der Waals surface area contributed by atoms with E-state index in [0.717, 1.165) is 72.0 Å². The third kappa shape index (κ3) is 3.67. The standard InChI is InChI=1S/C39H24N2O2/c1-2-9-25(10-3-1)26-17-20-28(21-18-26)41(32-14-8-16-34-37(32)30-13-6-7-15-33(30)42-34)39-38-31(23-24-40-39)36-29-12-5-4-11-27(29)19-22-35(36)43-38/h1-24H. The Morgan fingerprint density at radius 1 is 0.465 bits per heavy atom. The fourth-order valence-electron chi connectivity index (χ4n) is 6.37. The molecule has 4 heteroatoms. The molecule has 9 aromatic rings. The van der Waals surface area contributed by atoms with Crippen molar-refractivity contribution in [2.45, 2.75) is 0 Å². The summed E-state index contributed by atoms with van der Waals surface area (Å²) < 4.78 is 13.0. The molecule has 43 heavy (non-hydrogen) atoms. The first-order valence-electron chi connectivity index (χ1n) is 14.4. The van der Waals surface area contributed by atoms with Crippen molar-refractivity contribution in [2.24, 2.45) is 0 Å². The molecule has 0 aliphatic rings. The van der Waals surface area contributed by atoms with Crippen LogP contribution in [-0.2, 0) is 0 Å². The lowest BCUT2D eigenvalue weighted by Gasteiger charge is -2.25. The monoisotopic (exact) mass is 552 g/mol. The summed E-state index contributed by atoms with van der Waals surface area (Å²) in [6.45, 7) is 0. The van der Waals surface area contributed by atoms with E-state index in [1.54, 1.807) is 0 Å². The van der Waals surface area contributed by atoms with Crippen LogP contribution >= 0.6 is 0 Å². The number of para-hydroxylation sites is 1. The molecule has 0 spiro atoms. The van der Waals surface area contributed by atoms with Gasteiger partial charge in [-0.05, 0) is 64.4 Å². The van der Waals surface area contributed by atoms with Crippen LogP contribution in [0.1, 0.15) is 0 Å². The van der Waals surface area contributed by atoms with Gasteiger partial charge >= 0.3 is 0 Å². The third-order valence-electron chi connectivity index (χ3n) is 8.32. The van der Waals surface area contributed by atoms with E-state index in [2.05, 4.69) is 114 Å². The van der Waals surface area contributed by atoms with Crippen molar-refractivity contribution < 1.29 is 8.83 Å². The largest absolute Gasteiger partial charge is 0.456 e. The van der Waals surface area contributed by atoms with Gasteiger partial charge in [0.05, 0.1) is 11.1 Å². The quantitative estimate of drug-likeness (QED) is 0.218. The molecule has 0 aliphatic carbocycles. The number of hydrogen-bond acceptors (Lipinski definition) is 4. The van der Waals surface area contributed by atoms with E-state index in [4.69, 9.17) is 13.8 Å². The van der Waals surface area contributed by atoms with Crippen molar-refractivity contribution in [3.63, 3.8) is 0 Å². The molecule has 0 bridgehead atoms. The highest BCUT2D eigenvalue weighted by molar-refractivity contribution is 6.21. The summed E-state index contributed by atoms with van der Waals surface area (Å²) in [5, 5.41) is 6.57. The molecular formula is C39H24N2O2. The van der Waals surface area contributed by atoms with Gasteiger partial charge in [0.15, 0.2) is 11.4 Å². The van der Waals surface area contributed by atoms with Crippen LogP contribution in [0, 0.1) is 0 Å². The molecule has 4 nitrogen and oxygen atoms in total. The van der Waals surface area contributed by atoms with Crippen molar-refractivity contribution >= 4 is 71.8 Å². The molecule has 0 saturated carbocycles. The van der Waals surface area contributed by atoms with E-state index >= 15 is 0 Å². The number of fused-ring (bicyclic) bond motifs is 8. The molecule has 0 aliphatic heterocycles. The van der Waals surface area contributed by atoms with Crippen LogP contribution in [-0.4, -0.2) is 4.98 Å². The minimum absolute atomic E-state index is 0.725. The lowest BCUT2D eigenvalue weighted by Crippen LogP contribution is -2.12. The van der Waals surface area contributed by atoms with Crippen molar-refractivity contribution in [1.82, 2.24) is 4.98 Å². The number of rotatable bonds is 4. The van der Waals surface area contributed by atoms with E-state index in [1.165, 1.54) is 10.9 Å². The Morgan fingerprint density at radius 3 is 2.07 bits per heavy atom. The Bertz CT molecular complexity index is 2450. The summed E-state index contributed by atoms with van der Waals surface area (Å²) >= 11 is 0. The predicted octanol–water partition coefficient (Wildman–Crippen LogP) is 11.2. The highest BCUT2D eigenvalue weighted by atomic mass is 16.3. The Balaban J connectivity index is 1.34. The van der Waals surface area contributed by atoms with Gasteiger partial charge in [0.2, 0.25) is 0 Å². The van der Waals surface area contributed by atoms with Crippen molar-refractivity contribution in [2.75, 3.05) is 4.90 Å². The molecule has 0 atom stereocenters. The molecule has 9 rings (SSSR count). The van der Waals surface area contributed by atoms with Crippen molar-refractivity contribution in [3.05, 3.63) is 146 Å². The third-order valence-corrected chi connectivity index (χ3v) is 8.32. The molecule has 0 unspecified atom stereocenters. The molecule has 0 amide bonds. The van der Waals surface area contributed by atoms with Crippen molar-refractivity contribution in [1.29, 1.82) is 0 Å². The summed E-state index contributed by atoms with van der Waals surface area (Å²) in [5.41, 5.74) is 7.53. The molecule has 3 heterocycles. The Morgan fingerprint density at radius 2 is 1.19 bits per heavy atom. The van der Waals surface area contributed by atoms with Gasteiger partial charge in [-0.15, -0.1) is 0 Å². The average Bonchev–Trinajstić information content (AvgIpc) is 3.65. The number of pyridine rings is 1. The molecule has 0 radical (unpaired) electrons. The zero-order chi connectivity index (χ0) is 28.3. The zero-order valence-electron chi connectivity index (χ0n) is 23.1. The smallest absolute Gasteiger partial charge is 0.181 e. The van der Waals surface area contributed by atoms with E-state index < -0.39 is 0 Å². The minimum atomic E-state index is 0.725. The van der Waals surface area contributed by atoms with Crippen LogP contribution in [0.25, 0.3) is 65.8 Å². The van der Waals surface area contributed by atoms with Crippen LogP contribution in [0.2, 0.25) is 0 Å². The van der Waals surface area contributed by atoms with Crippen LogP contribution in [0.3, 0.4) is 0 Å². The number of anilines is 3. The Labute approximate surface area is 247 Å². The summed E-state index contributed by atoms with van der Waals surface area (Å²) in [6.07, 6.45) is 1.88. The zero-order valence-corrected chi connectivity index (χ0v) is 23.1. The van der Waals surface area contributed by atoms with Gasteiger partial charge in [0.1, 0.15) is 16.7 Å². The van der Waals surface area contributed by atoms with Gasteiger partial charge in [-0.3, -0.25) is 4.90 Å². The van der Waals surface area contributed by atoms with Crippen LogP contribution < -0.4 is 4.90 Å². The van der Waals surface area contributed by atoms with Crippen LogP contribution in [0.15, 0.2) is 155 Å². The highest BCUT2D eigenvalue weighted by Crippen LogP contribution is 2.46. The molecule has 6 aromatic carbocycles. The second-order valence-electron chi connectivity index (χ2n) is 10.8. The van der Waals surface area contributed by atoms with Gasteiger partial charge in [0, 0.05) is 28.0 Å². The topological polar surface area (TPSA) is 42.4 Å². The Kier molecular flexibility index (Phi) is 5.16. The summed E-state index contributed by atoms with van der Waals surface area (Å²) in [6, 6.07) is 48.1. The second-order valence-corrected chi connectivity index (χ2v) is 10.8. The number of nitrogens with zero attached hydrogens (tertiary/aromatic N) is 2. The summed E-state index contributed by atoms with van der Waals surface area (Å²) in [7, 11) is 0. The molecule has 3 aromatic heterocycles. The summed E-state index contributed by atoms with van der Waals surface area (Å²) in [4.78, 5) is 7.19. The van der Waals surface area contributed by atoms with Gasteiger partial charge in [-0.2, -0.15) is 0 Å². The molecule has 202 valence electrons. The predicted molar refractivity (Wildman–Crippen MR) is 176 cm³/mol. The summed E-state index contributed by atoms with van der Waals surface area (Å²) in [5.74, 6) is 0.725. The average molecular weight is 553 g/mol. The molecule has 0 N–H and O–H groups in total. The maximum absolute atomic E-state index is 6.66. The number of aromatic nitrogens is 1. The fourth-order valence-corrected chi connectivity index (χ4v) is 6.37. The van der Waals surface area contributed by atoms with Crippen LogP contribution in [0.5, 0.6) is 0 Å². The number of benzene rings is 6. The van der Waals surface area contributed by atoms with E-state index in [9.17, 15) is 0 Å². The second kappa shape index (κ2) is 9.33. The van der Waals surface area contributed by atoms with E-state index in [-0.39, 0.29) is 0 Å². The molecule has 0 saturated heterocycles. The van der Waals surface area contributed by atoms with Gasteiger partial charge in [0.25, 0.3) is 0 Å². The first kappa shape index (κ1) is 23.8. The molecule has 0 fully saturated rings. The minimum Gasteiger partial charge on any atom is -0.456 e. The lowest BCUT2D eigenvalue weighted by atomic mass is 10.0. The maximum Gasteiger partial charge on any atom is 0.181 e. The fraction of sp³-hybridized carbons (Fsp3) is 0. The van der Waals surface area contributed by atoms with E-state index in [0.29, 0.717) is 0 Å². The van der Waals surface area contributed by atoms with Crippen LogP contribution in [0.4, 0.5) is 17.2 Å². The number of hydrogen-bond donors (Lipinski definition) is 0. The SMILES string of the molecule is c1ccc(-c2ccc(N(c3nccc4c3oc3ccc5ccccc5c34)c3cccc4oc5ccccc5c34)cc2)cc1. The number of furan rings is 2. The Hall–Kier alpha value is -5.87. The molecular weight excluding hydrogens is 528 g/mol.